The summed E-state index contributed by atoms with van der Waals surface area (Å²) in [5.74, 6) is 0.457. The zero-order chi connectivity index (χ0) is 21.7. The number of amides is 2. The number of nitrogens with zero attached hydrogens (tertiary/aromatic N) is 3. The molecule has 160 valence electrons. The topological polar surface area (TPSA) is 57.6 Å². The zero-order valence-electron chi connectivity index (χ0n) is 18.3. The number of para-hydroxylation sites is 2. The predicted molar refractivity (Wildman–Crippen MR) is 122 cm³/mol. The van der Waals surface area contributed by atoms with Crippen LogP contribution in [0.25, 0.3) is 10.9 Å². The van der Waals surface area contributed by atoms with Crippen molar-refractivity contribution in [3.63, 3.8) is 0 Å². The maximum Gasteiger partial charge on any atom is 0.257 e. The molecule has 0 spiro atoms. The first-order valence-corrected chi connectivity index (χ1v) is 11.0. The largest absolute Gasteiger partial charge is 0.354 e. The molecule has 0 unspecified atom stereocenters. The molecule has 5 rings (SSSR count). The lowest BCUT2D eigenvalue weighted by Crippen LogP contribution is -2.51. The smallest absolute Gasteiger partial charge is 0.257 e. The lowest BCUT2D eigenvalue weighted by molar-refractivity contribution is -0.121. The van der Waals surface area contributed by atoms with Crippen molar-refractivity contribution in [2.75, 3.05) is 25.0 Å². The average molecular weight is 417 g/mol. The molecule has 31 heavy (non-hydrogen) atoms. The molecular weight excluding hydrogens is 388 g/mol. The number of aromatic nitrogens is 1. The van der Waals surface area contributed by atoms with Gasteiger partial charge in [-0.05, 0) is 36.1 Å². The number of hydrogen-bond acceptors (Lipinski definition) is 3. The first-order valence-electron chi connectivity index (χ1n) is 11.0. The van der Waals surface area contributed by atoms with Crippen LogP contribution in [0.1, 0.15) is 41.6 Å². The van der Waals surface area contributed by atoms with Crippen LogP contribution in [-0.4, -0.2) is 41.4 Å². The molecule has 2 aromatic carbocycles. The molecule has 1 aromatic heterocycles. The van der Waals surface area contributed by atoms with E-state index in [1.807, 2.05) is 48.3 Å². The Bertz CT molecular complexity index is 1180. The van der Waals surface area contributed by atoms with Gasteiger partial charge >= 0.3 is 0 Å². The number of hydrogen-bond donors (Lipinski definition) is 1. The van der Waals surface area contributed by atoms with E-state index in [1.54, 1.807) is 0 Å². The Morgan fingerprint density at radius 2 is 1.87 bits per heavy atom. The van der Waals surface area contributed by atoms with Crippen LogP contribution in [0.5, 0.6) is 0 Å². The monoisotopic (exact) mass is 416 g/mol. The minimum Gasteiger partial charge on any atom is -0.354 e. The molecule has 0 fully saturated rings. The first-order chi connectivity index (χ1) is 15.0. The van der Waals surface area contributed by atoms with Crippen LogP contribution in [0, 0.1) is 5.92 Å². The molecule has 0 saturated carbocycles. The van der Waals surface area contributed by atoms with E-state index in [2.05, 4.69) is 40.8 Å². The molecule has 2 aliphatic rings. The van der Waals surface area contributed by atoms with Gasteiger partial charge in [-0.3, -0.25) is 9.59 Å². The van der Waals surface area contributed by atoms with Crippen molar-refractivity contribution >= 4 is 28.4 Å². The second-order valence-electron chi connectivity index (χ2n) is 8.92. The number of fused-ring (bicyclic) bond motifs is 6. The highest BCUT2D eigenvalue weighted by molar-refractivity contribution is 6.02. The van der Waals surface area contributed by atoms with Crippen LogP contribution in [0.2, 0.25) is 0 Å². The van der Waals surface area contributed by atoms with Crippen LogP contribution in [0.4, 0.5) is 5.69 Å². The second kappa shape index (κ2) is 7.45. The summed E-state index contributed by atoms with van der Waals surface area (Å²) in [6.07, 6.45) is 0.561. The fourth-order valence-corrected chi connectivity index (χ4v) is 5.00. The van der Waals surface area contributed by atoms with E-state index in [4.69, 9.17) is 0 Å². The van der Waals surface area contributed by atoms with Crippen LogP contribution < -0.4 is 10.2 Å². The number of nitrogens with one attached hydrogen (secondary N) is 1. The quantitative estimate of drug-likeness (QED) is 0.708. The Balaban J connectivity index is 1.65. The van der Waals surface area contributed by atoms with Gasteiger partial charge in [0.15, 0.2) is 0 Å². The predicted octanol–water partition coefficient (Wildman–Crippen LogP) is 3.56. The minimum atomic E-state index is -0.226. The summed E-state index contributed by atoms with van der Waals surface area (Å²) >= 11 is 0. The number of benzene rings is 2. The van der Waals surface area contributed by atoms with Crippen molar-refractivity contribution < 1.29 is 9.59 Å². The van der Waals surface area contributed by atoms with Gasteiger partial charge in [0.05, 0.1) is 16.9 Å². The summed E-state index contributed by atoms with van der Waals surface area (Å²) in [7, 11) is 2.04. The molecule has 2 amide bonds. The number of rotatable bonds is 4. The normalized spacial score (nSPS) is 17.5. The maximum absolute atomic E-state index is 13.3. The third kappa shape index (κ3) is 3.09. The van der Waals surface area contributed by atoms with Crippen molar-refractivity contribution in [1.29, 1.82) is 0 Å². The highest BCUT2D eigenvalue weighted by atomic mass is 16.2. The SMILES string of the molecule is CC(C)CNC(=O)Cn1c2c(c3ccccc31)CCN1C(=O)c3ccccc3N(C)[C@@H]21. The van der Waals surface area contributed by atoms with Gasteiger partial charge in [0.1, 0.15) is 12.7 Å². The van der Waals surface area contributed by atoms with Gasteiger partial charge in [-0.1, -0.05) is 44.2 Å². The van der Waals surface area contributed by atoms with Gasteiger partial charge in [-0.2, -0.15) is 0 Å². The average Bonchev–Trinajstić information content (AvgIpc) is 3.09. The Morgan fingerprint density at radius 3 is 2.68 bits per heavy atom. The van der Waals surface area contributed by atoms with Crippen molar-refractivity contribution in [3.8, 4) is 0 Å². The zero-order valence-corrected chi connectivity index (χ0v) is 18.3. The van der Waals surface area contributed by atoms with Crippen LogP contribution in [-0.2, 0) is 17.8 Å². The van der Waals surface area contributed by atoms with E-state index >= 15 is 0 Å². The molecule has 3 heterocycles. The first kappa shape index (κ1) is 19.7. The number of carbonyl (C=O) groups excluding carboxylic acids is 2. The summed E-state index contributed by atoms with van der Waals surface area (Å²) in [6.45, 7) is 5.75. The maximum atomic E-state index is 13.3. The molecule has 2 aliphatic heterocycles. The second-order valence-corrected chi connectivity index (χ2v) is 8.92. The van der Waals surface area contributed by atoms with Crippen molar-refractivity contribution in [1.82, 2.24) is 14.8 Å². The summed E-state index contributed by atoms with van der Waals surface area (Å²) < 4.78 is 2.12. The molecule has 0 saturated heterocycles. The van der Waals surface area contributed by atoms with E-state index in [0.717, 1.165) is 28.9 Å². The molecule has 0 radical (unpaired) electrons. The van der Waals surface area contributed by atoms with E-state index < -0.39 is 0 Å². The van der Waals surface area contributed by atoms with Gasteiger partial charge in [-0.15, -0.1) is 0 Å². The molecular formula is C25H28N4O2. The Hall–Kier alpha value is -3.28. The van der Waals surface area contributed by atoms with Crippen molar-refractivity contribution in [2.24, 2.45) is 5.92 Å². The Morgan fingerprint density at radius 1 is 1.13 bits per heavy atom. The van der Waals surface area contributed by atoms with Crippen molar-refractivity contribution in [2.45, 2.75) is 33.0 Å². The third-order valence-electron chi connectivity index (χ3n) is 6.41. The number of anilines is 1. The third-order valence-corrected chi connectivity index (χ3v) is 6.41. The summed E-state index contributed by atoms with van der Waals surface area (Å²) in [6, 6.07) is 16.0. The van der Waals surface area contributed by atoms with Crippen molar-refractivity contribution in [3.05, 3.63) is 65.4 Å². The summed E-state index contributed by atoms with van der Waals surface area (Å²) in [5.41, 5.74) is 5.02. The molecule has 3 aromatic rings. The Labute approximate surface area is 182 Å². The van der Waals surface area contributed by atoms with E-state index in [-0.39, 0.29) is 24.5 Å². The fraction of sp³-hybridized carbons (Fsp3) is 0.360. The molecule has 0 aliphatic carbocycles. The van der Waals surface area contributed by atoms with Crippen LogP contribution >= 0.6 is 0 Å². The molecule has 1 N–H and O–H groups in total. The van der Waals surface area contributed by atoms with E-state index in [0.29, 0.717) is 19.0 Å². The van der Waals surface area contributed by atoms with Gasteiger partial charge in [-0.25, -0.2) is 0 Å². The van der Waals surface area contributed by atoms with Gasteiger partial charge in [0.2, 0.25) is 5.91 Å². The lowest BCUT2D eigenvalue weighted by Gasteiger charge is -2.46. The van der Waals surface area contributed by atoms with Gasteiger partial charge in [0, 0.05) is 31.0 Å². The molecule has 6 nitrogen and oxygen atoms in total. The van der Waals surface area contributed by atoms with Crippen LogP contribution in [0.15, 0.2) is 48.5 Å². The fourth-order valence-electron chi connectivity index (χ4n) is 5.00. The standard InChI is InChI=1S/C25H28N4O2/c1-16(2)14-26-22(30)15-29-21-11-7-4-8-17(21)18-12-13-28-24(23(18)29)27(3)20-10-6-5-9-19(20)25(28)31/h4-11,16,24H,12-15H2,1-3H3,(H,26,30)/t24-/m1/s1. The molecule has 0 bridgehead atoms. The van der Waals surface area contributed by atoms with E-state index in [1.165, 1.54) is 10.9 Å². The molecule has 6 heteroatoms. The minimum absolute atomic E-state index is 0.000402. The van der Waals surface area contributed by atoms with Crippen LogP contribution in [0.3, 0.4) is 0 Å². The summed E-state index contributed by atoms with van der Waals surface area (Å²) in [4.78, 5) is 30.3. The lowest BCUT2D eigenvalue weighted by atomic mass is 9.96. The highest BCUT2D eigenvalue weighted by Crippen LogP contribution is 2.44. The van der Waals surface area contributed by atoms with E-state index in [9.17, 15) is 9.59 Å². The van der Waals surface area contributed by atoms with Gasteiger partial charge in [0.25, 0.3) is 5.91 Å². The number of carbonyl (C=O) groups is 2. The highest BCUT2D eigenvalue weighted by Gasteiger charge is 2.42. The molecule has 1 atom stereocenters. The Kier molecular flexibility index (Phi) is 4.73. The van der Waals surface area contributed by atoms with Gasteiger partial charge < -0.3 is 19.7 Å². The summed E-state index contributed by atoms with van der Waals surface area (Å²) in [5, 5.41) is 4.22.